The second-order valence-electron chi connectivity index (χ2n) is 6.15. The maximum atomic E-state index is 12.6. The number of hydrogen-bond acceptors (Lipinski definition) is 5. The van der Waals surface area contributed by atoms with Crippen molar-refractivity contribution in [3.63, 3.8) is 0 Å². The lowest BCUT2D eigenvalue weighted by Gasteiger charge is -2.14. The minimum Gasteiger partial charge on any atom is -0.493 e. The van der Waals surface area contributed by atoms with E-state index in [2.05, 4.69) is 5.32 Å². The van der Waals surface area contributed by atoms with Gasteiger partial charge in [0, 0.05) is 25.7 Å². The fourth-order valence-electron chi connectivity index (χ4n) is 3.17. The van der Waals surface area contributed by atoms with Gasteiger partial charge in [-0.05, 0) is 24.3 Å². The molecule has 148 valence electrons. The van der Waals surface area contributed by atoms with Crippen molar-refractivity contribution in [3.8, 4) is 17.2 Å². The van der Waals surface area contributed by atoms with E-state index in [9.17, 15) is 9.59 Å². The van der Waals surface area contributed by atoms with Crippen molar-refractivity contribution in [1.29, 1.82) is 0 Å². The predicted molar refractivity (Wildman–Crippen MR) is 106 cm³/mol. The molecule has 2 aromatic carbocycles. The van der Waals surface area contributed by atoms with E-state index in [4.69, 9.17) is 14.2 Å². The molecule has 0 saturated carbocycles. The second-order valence-corrected chi connectivity index (χ2v) is 6.15. The summed E-state index contributed by atoms with van der Waals surface area (Å²) in [4.78, 5) is 25.0. The number of aryl methyl sites for hydroxylation is 1. The molecule has 0 aliphatic carbocycles. The van der Waals surface area contributed by atoms with Crippen molar-refractivity contribution in [1.82, 2.24) is 14.5 Å². The quantitative estimate of drug-likeness (QED) is 0.670. The SMILES string of the molecule is COc1cc(C(=O)NCCn2c(=O)n(C)c3ccccc32)cc(OC)c1OC. The molecule has 1 N–H and O–H groups in total. The van der Waals surface area contributed by atoms with Gasteiger partial charge in [0.1, 0.15) is 0 Å². The molecule has 1 amide bonds. The van der Waals surface area contributed by atoms with E-state index in [-0.39, 0.29) is 11.6 Å². The predicted octanol–water partition coefficient (Wildman–Crippen LogP) is 1.80. The summed E-state index contributed by atoms with van der Waals surface area (Å²) in [6, 6.07) is 10.7. The molecule has 28 heavy (non-hydrogen) atoms. The molecular formula is C20H23N3O5. The number of ether oxygens (including phenoxy) is 3. The molecule has 1 aromatic heterocycles. The number of hydrogen-bond donors (Lipinski definition) is 1. The van der Waals surface area contributed by atoms with Crippen LogP contribution < -0.4 is 25.2 Å². The summed E-state index contributed by atoms with van der Waals surface area (Å²) in [7, 11) is 6.22. The Labute approximate surface area is 162 Å². The molecule has 0 unspecified atom stereocenters. The Morgan fingerprint density at radius 1 is 1.00 bits per heavy atom. The molecule has 0 atom stereocenters. The monoisotopic (exact) mass is 385 g/mol. The van der Waals surface area contributed by atoms with Gasteiger partial charge in [0.25, 0.3) is 5.91 Å². The van der Waals surface area contributed by atoms with Crippen LogP contribution in [0.25, 0.3) is 11.0 Å². The van der Waals surface area contributed by atoms with Crippen LogP contribution in [-0.2, 0) is 13.6 Å². The van der Waals surface area contributed by atoms with Crippen LogP contribution >= 0.6 is 0 Å². The van der Waals surface area contributed by atoms with Gasteiger partial charge in [-0.1, -0.05) is 12.1 Å². The van der Waals surface area contributed by atoms with Gasteiger partial charge in [0.15, 0.2) is 11.5 Å². The average Bonchev–Trinajstić information content (AvgIpc) is 2.97. The minimum absolute atomic E-state index is 0.122. The lowest BCUT2D eigenvalue weighted by molar-refractivity contribution is 0.0951. The maximum Gasteiger partial charge on any atom is 0.328 e. The van der Waals surface area contributed by atoms with Gasteiger partial charge in [0.05, 0.1) is 32.4 Å². The van der Waals surface area contributed by atoms with Crippen LogP contribution in [-0.4, -0.2) is 42.9 Å². The Bertz CT molecular complexity index is 1040. The van der Waals surface area contributed by atoms with Crippen LogP contribution in [0.3, 0.4) is 0 Å². The van der Waals surface area contributed by atoms with E-state index in [0.717, 1.165) is 11.0 Å². The highest BCUT2D eigenvalue weighted by atomic mass is 16.5. The summed E-state index contributed by atoms with van der Waals surface area (Å²) in [5, 5.41) is 2.83. The number of nitrogens with zero attached hydrogens (tertiary/aromatic N) is 2. The second kappa shape index (κ2) is 8.08. The minimum atomic E-state index is -0.299. The van der Waals surface area contributed by atoms with Crippen molar-refractivity contribution >= 4 is 16.9 Å². The third-order valence-electron chi connectivity index (χ3n) is 4.60. The number of carbonyl (C=O) groups is 1. The van der Waals surface area contributed by atoms with Gasteiger partial charge in [-0.3, -0.25) is 13.9 Å². The van der Waals surface area contributed by atoms with Crippen LogP contribution in [0, 0.1) is 0 Å². The molecule has 0 bridgehead atoms. The number of rotatable bonds is 7. The first-order valence-corrected chi connectivity index (χ1v) is 8.74. The van der Waals surface area contributed by atoms with Gasteiger partial charge >= 0.3 is 5.69 Å². The molecule has 0 radical (unpaired) electrons. The summed E-state index contributed by atoms with van der Waals surface area (Å²) < 4.78 is 19.1. The average molecular weight is 385 g/mol. The maximum absolute atomic E-state index is 12.6. The van der Waals surface area contributed by atoms with Crippen LogP contribution in [0.4, 0.5) is 0 Å². The normalized spacial score (nSPS) is 10.7. The highest BCUT2D eigenvalue weighted by Crippen LogP contribution is 2.38. The van der Waals surface area contributed by atoms with E-state index < -0.39 is 0 Å². The molecule has 1 heterocycles. The highest BCUT2D eigenvalue weighted by molar-refractivity contribution is 5.95. The number of amides is 1. The molecule has 0 spiro atoms. The summed E-state index contributed by atoms with van der Waals surface area (Å²) >= 11 is 0. The summed E-state index contributed by atoms with van der Waals surface area (Å²) in [5.41, 5.74) is 1.93. The largest absolute Gasteiger partial charge is 0.493 e. The van der Waals surface area contributed by atoms with Crippen LogP contribution in [0.5, 0.6) is 17.2 Å². The van der Waals surface area contributed by atoms with E-state index in [0.29, 0.717) is 35.9 Å². The van der Waals surface area contributed by atoms with E-state index in [1.165, 1.54) is 21.3 Å². The Hall–Kier alpha value is -3.42. The van der Waals surface area contributed by atoms with E-state index in [1.807, 2.05) is 24.3 Å². The number of carbonyl (C=O) groups excluding carboxylic acids is 1. The van der Waals surface area contributed by atoms with Crippen molar-refractivity contribution in [2.24, 2.45) is 7.05 Å². The van der Waals surface area contributed by atoms with Crippen molar-refractivity contribution in [3.05, 3.63) is 52.4 Å². The number of fused-ring (bicyclic) bond motifs is 1. The summed E-state index contributed by atoms with van der Waals surface area (Å²) in [5.74, 6) is 0.922. The molecule has 3 aromatic rings. The Kier molecular flexibility index (Phi) is 5.58. The first-order chi connectivity index (χ1) is 13.5. The zero-order valence-electron chi connectivity index (χ0n) is 16.3. The van der Waals surface area contributed by atoms with Crippen molar-refractivity contribution in [2.75, 3.05) is 27.9 Å². The first kappa shape index (κ1) is 19.3. The molecule has 0 aliphatic heterocycles. The van der Waals surface area contributed by atoms with Gasteiger partial charge in [-0.25, -0.2) is 4.79 Å². The number of aromatic nitrogens is 2. The topological polar surface area (TPSA) is 83.7 Å². The number of methoxy groups -OCH3 is 3. The van der Waals surface area contributed by atoms with Gasteiger partial charge in [-0.15, -0.1) is 0 Å². The first-order valence-electron chi connectivity index (χ1n) is 8.74. The van der Waals surface area contributed by atoms with Crippen LogP contribution in [0.1, 0.15) is 10.4 Å². The third-order valence-corrected chi connectivity index (χ3v) is 4.60. The third kappa shape index (κ3) is 3.40. The lowest BCUT2D eigenvalue weighted by atomic mass is 10.1. The summed E-state index contributed by atoms with van der Waals surface area (Å²) in [6.45, 7) is 0.653. The molecule has 8 nitrogen and oxygen atoms in total. The number of nitrogens with one attached hydrogen (secondary N) is 1. The van der Waals surface area contributed by atoms with Gasteiger partial charge < -0.3 is 19.5 Å². The van der Waals surface area contributed by atoms with E-state index >= 15 is 0 Å². The zero-order chi connectivity index (χ0) is 20.3. The number of para-hydroxylation sites is 2. The van der Waals surface area contributed by atoms with E-state index in [1.54, 1.807) is 28.3 Å². The van der Waals surface area contributed by atoms with Crippen LogP contribution in [0.15, 0.2) is 41.2 Å². The fourth-order valence-corrected chi connectivity index (χ4v) is 3.17. The number of benzene rings is 2. The summed E-state index contributed by atoms with van der Waals surface area (Å²) in [6.07, 6.45) is 0. The molecule has 0 saturated heterocycles. The molecule has 3 rings (SSSR count). The Balaban J connectivity index is 1.77. The van der Waals surface area contributed by atoms with Gasteiger partial charge in [-0.2, -0.15) is 0 Å². The smallest absolute Gasteiger partial charge is 0.328 e. The highest BCUT2D eigenvalue weighted by Gasteiger charge is 2.17. The molecule has 8 heteroatoms. The van der Waals surface area contributed by atoms with Crippen molar-refractivity contribution in [2.45, 2.75) is 6.54 Å². The fraction of sp³-hybridized carbons (Fsp3) is 0.300. The zero-order valence-corrected chi connectivity index (χ0v) is 16.3. The number of imidazole rings is 1. The van der Waals surface area contributed by atoms with Gasteiger partial charge in [0.2, 0.25) is 5.75 Å². The molecule has 0 aliphatic rings. The molecule has 0 fully saturated rings. The standard InChI is InChI=1S/C20H23N3O5/c1-22-14-7-5-6-8-15(14)23(20(22)25)10-9-21-19(24)13-11-16(26-2)18(28-4)17(12-13)27-3/h5-8,11-12H,9-10H2,1-4H3,(H,21,24). The lowest BCUT2D eigenvalue weighted by Crippen LogP contribution is -2.31. The molecular weight excluding hydrogens is 362 g/mol. The van der Waals surface area contributed by atoms with Crippen LogP contribution in [0.2, 0.25) is 0 Å². The Morgan fingerprint density at radius 3 is 2.18 bits per heavy atom. The Morgan fingerprint density at radius 2 is 1.61 bits per heavy atom. The van der Waals surface area contributed by atoms with Crippen molar-refractivity contribution < 1.29 is 19.0 Å².